The van der Waals surface area contributed by atoms with Crippen molar-refractivity contribution in [2.75, 3.05) is 27.9 Å². The maximum absolute atomic E-state index is 5.74. The summed E-state index contributed by atoms with van der Waals surface area (Å²) < 4.78 is 8.43. The standard InChI is InChI=1S/C20H24IN5O/c1-25-12-9-16-18(22-13-15-7-3-4-8-17(15)27-14-21)23-20(24-19(16)25)26-10-5-2-6-11-26/h3-4,7-9,12H,2,5-6,10-11,13-14H2,1H3,(H,22,23,24). The van der Waals surface area contributed by atoms with E-state index in [2.05, 4.69) is 49.5 Å². The molecule has 2 aromatic heterocycles. The smallest absolute Gasteiger partial charge is 0.229 e. The van der Waals surface area contributed by atoms with Gasteiger partial charge in [-0.1, -0.05) is 18.2 Å². The number of alkyl halides is 1. The summed E-state index contributed by atoms with van der Waals surface area (Å²) in [6, 6.07) is 10.2. The number of benzene rings is 1. The van der Waals surface area contributed by atoms with Crippen LogP contribution in [0.25, 0.3) is 11.0 Å². The van der Waals surface area contributed by atoms with E-state index in [9.17, 15) is 0 Å². The number of aromatic nitrogens is 3. The van der Waals surface area contributed by atoms with Crippen molar-refractivity contribution >= 4 is 45.4 Å². The van der Waals surface area contributed by atoms with E-state index in [0.717, 1.165) is 47.2 Å². The highest BCUT2D eigenvalue weighted by Gasteiger charge is 2.17. The third-order valence-corrected chi connectivity index (χ3v) is 5.29. The van der Waals surface area contributed by atoms with Crippen molar-refractivity contribution in [1.29, 1.82) is 0 Å². The first kappa shape index (κ1) is 18.3. The molecule has 0 saturated carbocycles. The first-order chi connectivity index (χ1) is 13.3. The van der Waals surface area contributed by atoms with E-state index in [4.69, 9.17) is 14.7 Å². The molecule has 3 heterocycles. The largest absolute Gasteiger partial charge is 0.483 e. The van der Waals surface area contributed by atoms with Gasteiger partial charge in [0.25, 0.3) is 0 Å². The SMILES string of the molecule is Cn1ccc2c(NCc3ccccc3OCI)nc(N3CCCCC3)nc21. The number of nitrogens with one attached hydrogen (secondary N) is 1. The number of hydrogen-bond donors (Lipinski definition) is 1. The molecule has 0 atom stereocenters. The van der Waals surface area contributed by atoms with E-state index < -0.39 is 0 Å². The molecule has 0 spiro atoms. The maximum atomic E-state index is 5.74. The van der Waals surface area contributed by atoms with Crippen molar-refractivity contribution < 1.29 is 4.74 Å². The number of fused-ring (bicyclic) bond motifs is 1. The van der Waals surface area contributed by atoms with Crippen LogP contribution in [-0.4, -0.2) is 32.2 Å². The molecule has 4 rings (SSSR count). The van der Waals surface area contributed by atoms with E-state index >= 15 is 0 Å². The van der Waals surface area contributed by atoms with Gasteiger partial charge in [0.05, 0.1) is 5.39 Å². The average molecular weight is 477 g/mol. The van der Waals surface area contributed by atoms with Gasteiger partial charge in [-0.15, -0.1) is 0 Å². The third-order valence-electron chi connectivity index (χ3n) is 4.98. The zero-order valence-corrected chi connectivity index (χ0v) is 17.6. The lowest BCUT2D eigenvalue weighted by atomic mass is 10.1. The van der Waals surface area contributed by atoms with Gasteiger partial charge in [0, 0.05) is 38.4 Å². The molecule has 0 aliphatic carbocycles. The Morgan fingerprint density at radius 2 is 1.93 bits per heavy atom. The minimum absolute atomic E-state index is 0.629. The van der Waals surface area contributed by atoms with Crippen LogP contribution in [0.4, 0.5) is 11.8 Å². The van der Waals surface area contributed by atoms with Gasteiger partial charge in [-0.3, -0.25) is 0 Å². The fourth-order valence-corrected chi connectivity index (χ4v) is 3.86. The minimum Gasteiger partial charge on any atom is -0.483 e. The Morgan fingerprint density at radius 1 is 1.11 bits per heavy atom. The van der Waals surface area contributed by atoms with E-state index in [1.54, 1.807) is 0 Å². The van der Waals surface area contributed by atoms with Crippen LogP contribution in [0, 0.1) is 0 Å². The monoisotopic (exact) mass is 477 g/mol. The Bertz CT molecular complexity index is 920. The average Bonchev–Trinajstić information content (AvgIpc) is 3.09. The number of aryl methyl sites for hydroxylation is 1. The van der Waals surface area contributed by atoms with Crippen molar-refractivity contribution in [2.24, 2.45) is 7.05 Å². The molecule has 0 amide bonds. The quantitative estimate of drug-likeness (QED) is 0.423. The lowest BCUT2D eigenvalue weighted by Crippen LogP contribution is -2.31. The number of para-hydroxylation sites is 1. The summed E-state index contributed by atoms with van der Waals surface area (Å²) in [5, 5.41) is 4.57. The molecule has 0 radical (unpaired) electrons. The number of anilines is 2. The van der Waals surface area contributed by atoms with Gasteiger partial charge in [0.15, 0.2) is 0 Å². The van der Waals surface area contributed by atoms with Gasteiger partial charge in [-0.25, -0.2) is 0 Å². The molecule has 1 saturated heterocycles. The van der Waals surface area contributed by atoms with Gasteiger partial charge in [0.1, 0.15) is 21.8 Å². The maximum Gasteiger partial charge on any atom is 0.229 e. The topological polar surface area (TPSA) is 55.2 Å². The molecule has 7 heteroatoms. The first-order valence-electron chi connectivity index (χ1n) is 9.35. The molecule has 1 fully saturated rings. The number of halogens is 1. The number of hydrogen-bond acceptors (Lipinski definition) is 5. The predicted molar refractivity (Wildman–Crippen MR) is 118 cm³/mol. The molecule has 0 unspecified atom stereocenters. The van der Waals surface area contributed by atoms with Crippen LogP contribution in [0.15, 0.2) is 36.5 Å². The Hall–Kier alpha value is -2.03. The zero-order chi connectivity index (χ0) is 18.6. The second-order valence-corrected chi connectivity index (χ2v) is 7.42. The van der Waals surface area contributed by atoms with Crippen molar-refractivity contribution in [2.45, 2.75) is 25.8 Å². The Labute approximate surface area is 173 Å². The lowest BCUT2D eigenvalue weighted by molar-refractivity contribution is 0.400. The number of rotatable bonds is 6. The van der Waals surface area contributed by atoms with Crippen molar-refractivity contribution in [3.8, 4) is 5.75 Å². The van der Waals surface area contributed by atoms with Crippen molar-refractivity contribution in [3.63, 3.8) is 0 Å². The van der Waals surface area contributed by atoms with Gasteiger partial charge in [0.2, 0.25) is 5.95 Å². The molecule has 1 aliphatic heterocycles. The fraction of sp³-hybridized carbons (Fsp3) is 0.400. The highest BCUT2D eigenvalue weighted by molar-refractivity contribution is 14.1. The second-order valence-electron chi connectivity index (χ2n) is 6.80. The molecule has 142 valence electrons. The van der Waals surface area contributed by atoms with Gasteiger partial charge in [-0.2, -0.15) is 9.97 Å². The van der Waals surface area contributed by atoms with Crippen LogP contribution in [0.3, 0.4) is 0 Å². The van der Waals surface area contributed by atoms with Crippen LogP contribution in [0.1, 0.15) is 24.8 Å². The molecule has 1 aliphatic rings. The summed E-state index contributed by atoms with van der Waals surface area (Å²) in [5.41, 5.74) is 2.08. The summed E-state index contributed by atoms with van der Waals surface area (Å²) in [4.78, 5) is 12.0. The number of ether oxygens (including phenoxy) is 1. The normalized spacial score (nSPS) is 14.5. The Kier molecular flexibility index (Phi) is 5.66. The highest BCUT2D eigenvalue weighted by Crippen LogP contribution is 2.27. The van der Waals surface area contributed by atoms with Crippen LogP contribution >= 0.6 is 22.6 Å². The molecular formula is C20H24IN5O. The summed E-state index contributed by atoms with van der Waals surface area (Å²) >= 11 is 2.22. The molecule has 0 bridgehead atoms. The summed E-state index contributed by atoms with van der Waals surface area (Å²) in [6.07, 6.45) is 5.75. The first-order valence-corrected chi connectivity index (χ1v) is 10.9. The summed E-state index contributed by atoms with van der Waals surface area (Å²) in [6.45, 7) is 2.72. The van der Waals surface area contributed by atoms with Gasteiger partial charge < -0.3 is 19.5 Å². The predicted octanol–water partition coefficient (Wildman–Crippen LogP) is 4.34. The highest BCUT2D eigenvalue weighted by atomic mass is 127. The molecule has 1 aromatic carbocycles. The molecule has 6 nitrogen and oxygen atoms in total. The summed E-state index contributed by atoms with van der Waals surface area (Å²) in [7, 11) is 2.03. The second kappa shape index (κ2) is 8.33. The Balaban J connectivity index is 1.64. The number of nitrogens with zero attached hydrogens (tertiary/aromatic N) is 4. The molecule has 3 aromatic rings. The van der Waals surface area contributed by atoms with E-state index in [1.807, 2.05) is 31.4 Å². The third kappa shape index (κ3) is 3.97. The lowest BCUT2D eigenvalue weighted by Gasteiger charge is -2.27. The molecule has 27 heavy (non-hydrogen) atoms. The van der Waals surface area contributed by atoms with Crippen molar-refractivity contribution in [3.05, 3.63) is 42.1 Å². The molecule has 1 N–H and O–H groups in total. The van der Waals surface area contributed by atoms with Crippen LogP contribution in [0.5, 0.6) is 5.75 Å². The molecular weight excluding hydrogens is 453 g/mol. The zero-order valence-electron chi connectivity index (χ0n) is 15.5. The van der Waals surface area contributed by atoms with Crippen molar-refractivity contribution in [1.82, 2.24) is 14.5 Å². The number of piperidine rings is 1. The van der Waals surface area contributed by atoms with Crippen LogP contribution in [-0.2, 0) is 13.6 Å². The van der Waals surface area contributed by atoms with Gasteiger partial charge >= 0.3 is 0 Å². The van der Waals surface area contributed by atoms with Crippen LogP contribution < -0.4 is 15.0 Å². The van der Waals surface area contributed by atoms with E-state index in [0.29, 0.717) is 11.2 Å². The van der Waals surface area contributed by atoms with Gasteiger partial charge in [-0.05, 0) is 54.0 Å². The Morgan fingerprint density at radius 3 is 2.74 bits per heavy atom. The fourth-order valence-electron chi connectivity index (χ4n) is 3.52. The minimum atomic E-state index is 0.629. The van der Waals surface area contributed by atoms with E-state index in [-0.39, 0.29) is 0 Å². The summed E-state index contributed by atoms with van der Waals surface area (Å²) in [5.74, 6) is 2.61. The van der Waals surface area contributed by atoms with Crippen LogP contribution in [0.2, 0.25) is 0 Å². The van der Waals surface area contributed by atoms with E-state index in [1.165, 1.54) is 19.3 Å².